The van der Waals surface area contributed by atoms with Crippen LogP contribution < -0.4 is 0 Å². The van der Waals surface area contributed by atoms with Crippen LogP contribution in [-0.4, -0.2) is 24.4 Å². The van der Waals surface area contributed by atoms with Crippen LogP contribution in [0, 0.1) is 35.0 Å². The van der Waals surface area contributed by atoms with Gasteiger partial charge >= 0.3 is 5.25 Å². The first kappa shape index (κ1) is 22.5. The summed E-state index contributed by atoms with van der Waals surface area (Å²) in [5.41, 5.74) is -0.910. The third-order valence-electron chi connectivity index (χ3n) is 9.90. The standard InChI is InChI=1S/C26H34F2O3S/c1-17-8-11-23-22-10-9-18-16-25(29,15-13-20(18)21(22)12-14-24(17,23)2)26(27,28)32(30,31)19-6-4-3-5-7-19/h3-7,18,20-23,29H,1,8-16H2,2H3/t18-,20-,21+,22+,23-,24+,25-/m0/s1. The Kier molecular flexibility index (Phi) is 5.18. The maximum Gasteiger partial charge on any atom is 0.377 e. The Morgan fingerprint density at radius 2 is 1.69 bits per heavy atom. The van der Waals surface area contributed by atoms with Gasteiger partial charge in [0.1, 0.15) is 5.60 Å². The lowest BCUT2D eigenvalue weighted by Gasteiger charge is -2.57. The Labute approximate surface area is 190 Å². The second-order valence-corrected chi connectivity index (χ2v) is 13.1. The molecule has 6 heteroatoms. The Balaban J connectivity index is 1.38. The van der Waals surface area contributed by atoms with Crippen molar-refractivity contribution in [2.75, 3.05) is 0 Å². The fourth-order valence-electron chi connectivity index (χ4n) is 8.05. The molecule has 4 saturated carbocycles. The number of benzene rings is 1. The number of sulfone groups is 1. The number of halogens is 2. The first-order valence-electron chi connectivity index (χ1n) is 12.1. The molecule has 4 aliphatic rings. The van der Waals surface area contributed by atoms with Crippen LogP contribution in [0.1, 0.15) is 64.7 Å². The molecule has 32 heavy (non-hydrogen) atoms. The van der Waals surface area contributed by atoms with Crippen molar-refractivity contribution in [3.63, 3.8) is 0 Å². The third kappa shape index (κ3) is 3.01. The number of fused-ring (bicyclic) bond motifs is 5. The minimum absolute atomic E-state index is 0.0409. The molecule has 1 aromatic carbocycles. The van der Waals surface area contributed by atoms with E-state index in [4.69, 9.17) is 0 Å². The monoisotopic (exact) mass is 464 g/mol. The number of allylic oxidation sites excluding steroid dienone is 1. The normalized spacial score (nSPS) is 42.1. The van der Waals surface area contributed by atoms with E-state index in [2.05, 4.69) is 13.5 Å². The van der Waals surface area contributed by atoms with E-state index in [0.29, 0.717) is 30.1 Å². The number of rotatable bonds is 3. The lowest BCUT2D eigenvalue weighted by molar-refractivity contribution is -0.177. The molecule has 0 aliphatic heterocycles. The highest BCUT2D eigenvalue weighted by molar-refractivity contribution is 7.92. The highest BCUT2D eigenvalue weighted by atomic mass is 32.2. The molecule has 1 aromatic rings. The first-order chi connectivity index (χ1) is 15.0. The van der Waals surface area contributed by atoms with Gasteiger partial charge in [-0.25, -0.2) is 8.42 Å². The van der Waals surface area contributed by atoms with Crippen molar-refractivity contribution in [2.24, 2.45) is 35.0 Å². The smallest absolute Gasteiger partial charge is 0.377 e. The van der Waals surface area contributed by atoms with Crippen LogP contribution >= 0.6 is 0 Å². The lowest BCUT2D eigenvalue weighted by Crippen LogP contribution is -2.58. The van der Waals surface area contributed by atoms with E-state index in [1.807, 2.05) is 0 Å². The Hall–Kier alpha value is -1.27. The zero-order valence-electron chi connectivity index (χ0n) is 18.8. The number of aliphatic hydroxyl groups is 1. The molecule has 5 rings (SSSR count). The van der Waals surface area contributed by atoms with Crippen LogP contribution in [0.5, 0.6) is 0 Å². The predicted octanol–water partition coefficient (Wildman–Crippen LogP) is 5.99. The molecule has 0 aromatic heterocycles. The Morgan fingerprint density at radius 1 is 1.00 bits per heavy atom. The third-order valence-corrected chi connectivity index (χ3v) is 11.8. The lowest BCUT2D eigenvalue weighted by atomic mass is 9.49. The Bertz CT molecular complexity index is 1010. The summed E-state index contributed by atoms with van der Waals surface area (Å²) in [4.78, 5) is -0.433. The van der Waals surface area contributed by atoms with Gasteiger partial charge in [-0.1, -0.05) is 37.3 Å². The maximum atomic E-state index is 15.5. The average molecular weight is 465 g/mol. The van der Waals surface area contributed by atoms with Crippen LogP contribution in [0.25, 0.3) is 0 Å². The van der Waals surface area contributed by atoms with Gasteiger partial charge < -0.3 is 5.11 Å². The van der Waals surface area contributed by atoms with Crippen molar-refractivity contribution in [1.29, 1.82) is 0 Å². The van der Waals surface area contributed by atoms with Crippen molar-refractivity contribution in [2.45, 2.75) is 80.5 Å². The minimum atomic E-state index is -4.98. The van der Waals surface area contributed by atoms with E-state index in [1.54, 1.807) is 6.07 Å². The maximum absolute atomic E-state index is 15.5. The van der Waals surface area contributed by atoms with Gasteiger partial charge in [0.05, 0.1) is 4.90 Å². The van der Waals surface area contributed by atoms with Gasteiger partial charge in [-0.05, 0) is 105 Å². The molecular weight excluding hydrogens is 430 g/mol. The first-order valence-corrected chi connectivity index (χ1v) is 13.6. The van der Waals surface area contributed by atoms with Gasteiger partial charge in [0.15, 0.2) is 0 Å². The summed E-state index contributed by atoms with van der Waals surface area (Å²) in [5, 5.41) is 6.91. The molecule has 0 heterocycles. The summed E-state index contributed by atoms with van der Waals surface area (Å²) in [5.74, 6) is 2.01. The zero-order chi connectivity index (χ0) is 22.9. The van der Waals surface area contributed by atoms with E-state index >= 15 is 8.78 Å². The van der Waals surface area contributed by atoms with Crippen molar-refractivity contribution in [3.05, 3.63) is 42.5 Å². The molecule has 4 aliphatic carbocycles. The molecule has 0 radical (unpaired) electrons. The van der Waals surface area contributed by atoms with Gasteiger partial charge in [-0.15, -0.1) is 0 Å². The highest BCUT2D eigenvalue weighted by Gasteiger charge is 2.65. The van der Waals surface area contributed by atoms with Gasteiger partial charge in [0.25, 0.3) is 0 Å². The summed E-state index contributed by atoms with van der Waals surface area (Å²) >= 11 is 0. The van der Waals surface area contributed by atoms with Crippen LogP contribution in [0.3, 0.4) is 0 Å². The number of alkyl halides is 2. The average Bonchev–Trinajstić information content (AvgIpc) is 3.08. The largest absolute Gasteiger partial charge is 0.382 e. The van der Waals surface area contributed by atoms with Crippen molar-refractivity contribution >= 4 is 9.84 Å². The molecule has 7 atom stereocenters. The van der Waals surface area contributed by atoms with E-state index in [9.17, 15) is 13.5 Å². The quantitative estimate of drug-likeness (QED) is 0.559. The van der Waals surface area contributed by atoms with Crippen molar-refractivity contribution < 1.29 is 22.3 Å². The summed E-state index contributed by atoms with van der Waals surface area (Å²) in [7, 11) is -4.98. The van der Waals surface area contributed by atoms with Gasteiger partial charge in [0, 0.05) is 0 Å². The Morgan fingerprint density at radius 3 is 2.41 bits per heavy atom. The topological polar surface area (TPSA) is 54.4 Å². The van der Waals surface area contributed by atoms with Crippen LogP contribution in [-0.2, 0) is 9.84 Å². The molecule has 0 amide bonds. The fourth-order valence-corrected chi connectivity index (χ4v) is 9.54. The molecule has 176 valence electrons. The van der Waals surface area contributed by atoms with E-state index in [-0.39, 0.29) is 24.2 Å². The fraction of sp³-hybridized carbons (Fsp3) is 0.692. The minimum Gasteiger partial charge on any atom is -0.382 e. The highest BCUT2D eigenvalue weighted by Crippen LogP contribution is 2.65. The van der Waals surface area contributed by atoms with Gasteiger partial charge in [0.2, 0.25) is 9.84 Å². The number of hydrogen-bond donors (Lipinski definition) is 1. The molecule has 4 fully saturated rings. The summed E-state index contributed by atoms with van der Waals surface area (Å²) < 4.78 is 56.6. The van der Waals surface area contributed by atoms with Gasteiger partial charge in [-0.2, -0.15) is 8.78 Å². The van der Waals surface area contributed by atoms with E-state index in [1.165, 1.54) is 36.3 Å². The molecule has 0 unspecified atom stereocenters. The second kappa shape index (κ2) is 7.36. The van der Waals surface area contributed by atoms with Crippen molar-refractivity contribution in [1.82, 2.24) is 0 Å². The van der Waals surface area contributed by atoms with Crippen LogP contribution in [0.2, 0.25) is 0 Å². The summed E-state index contributed by atoms with van der Waals surface area (Å²) in [6.45, 7) is 6.72. The second-order valence-electron chi connectivity index (χ2n) is 11.1. The van der Waals surface area contributed by atoms with E-state index < -0.39 is 25.6 Å². The molecule has 0 bridgehead atoms. The molecule has 3 nitrogen and oxygen atoms in total. The predicted molar refractivity (Wildman–Crippen MR) is 120 cm³/mol. The summed E-state index contributed by atoms with van der Waals surface area (Å²) in [6, 6.07) is 6.81. The number of hydrogen-bond acceptors (Lipinski definition) is 3. The molecule has 1 N–H and O–H groups in total. The van der Waals surface area contributed by atoms with Gasteiger partial charge in [-0.3, -0.25) is 0 Å². The van der Waals surface area contributed by atoms with E-state index in [0.717, 1.165) is 32.1 Å². The van der Waals surface area contributed by atoms with Crippen molar-refractivity contribution in [3.8, 4) is 0 Å². The molecular formula is C26H34F2O3S. The molecule has 0 spiro atoms. The summed E-state index contributed by atoms with van der Waals surface area (Å²) in [6.07, 6.45) is 6.47. The molecule has 0 saturated heterocycles. The SMILES string of the molecule is C=C1CC[C@H]2[C@@H]3CC[C@H]4C[C@](O)(C(F)(F)S(=O)(=O)c5ccccc5)CC[C@@H]4[C@H]3CC[C@]12C. The zero-order valence-corrected chi connectivity index (χ0v) is 19.6. The van der Waals surface area contributed by atoms with Crippen LogP contribution in [0.4, 0.5) is 8.78 Å². The van der Waals surface area contributed by atoms with Crippen LogP contribution in [0.15, 0.2) is 47.4 Å².